The molecule has 4 aliphatic rings. The van der Waals surface area contributed by atoms with Crippen LogP contribution < -0.4 is 19.7 Å². The molecule has 10 rings (SSSR count). The molecule has 1 N–H and O–H groups in total. The van der Waals surface area contributed by atoms with Gasteiger partial charge in [0.15, 0.2) is 11.3 Å². The molecule has 17 heteroatoms. The van der Waals surface area contributed by atoms with Crippen molar-refractivity contribution in [3.63, 3.8) is 0 Å². The van der Waals surface area contributed by atoms with E-state index in [1.807, 2.05) is 51.5 Å². The van der Waals surface area contributed by atoms with Crippen LogP contribution in [0, 0.1) is 11.8 Å². The molecule has 0 aromatic carbocycles. The van der Waals surface area contributed by atoms with Gasteiger partial charge in [0.25, 0.3) is 0 Å². The van der Waals surface area contributed by atoms with Gasteiger partial charge in [0.05, 0.1) is 20.3 Å². The van der Waals surface area contributed by atoms with Crippen molar-refractivity contribution in [2.45, 2.75) is 63.5 Å². The number of aryl methyl sites for hydroxylation is 2. The van der Waals surface area contributed by atoms with E-state index >= 15 is 0 Å². The Morgan fingerprint density at radius 3 is 1.89 bits per heavy atom. The minimum atomic E-state index is 0.122. The van der Waals surface area contributed by atoms with Gasteiger partial charge in [-0.25, -0.2) is 29.0 Å². The van der Waals surface area contributed by atoms with Crippen LogP contribution in [-0.2, 0) is 22.4 Å². The highest BCUT2D eigenvalue weighted by Gasteiger charge is 2.42. The molecule has 16 nitrogen and oxygen atoms in total. The van der Waals surface area contributed by atoms with Gasteiger partial charge < -0.3 is 29.5 Å². The van der Waals surface area contributed by atoms with Gasteiger partial charge in [0.2, 0.25) is 23.6 Å². The number of nitrogens with one attached hydrogen (secondary N) is 1. The molecule has 0 radical (unpaired) electrons. The second-order valence-corrected chi connectivity index (χ2v) is 16.8. The van der Waals surface area contributed by atoms with Crippen molar-refractivity contribution in [2.75, 3.05) is 58.4 Å². The van der Waals surface area contributed by atoms with E-state index < -0.39 is 0 Å². The number of ether oxygens (including phenoxy) is 2. The van der Waals surface area contributed by atoms with Crippen molar-refractivity contribution < 1.29 is 19.1 Å². The van der Waals surface area contributed by atoms with Gasteiger partial charge in [-0.3, -0.25) is 9.59 Å². The van der Waals surface area contributed by atoms with Crippen LogP contribution in [0.25, 0.3) is 11.3 Å². The van der Waals surface area contributed by atoms with Gasteiger partial charge in [-0.15, -0.1) is 0 Å². The summed E-state index contributed by atoms with van der Waals surface area (Å²) in [6.45, 7) is 5.26. The Morgan fingerprint density at radius 2 is 1.30 bits per heavy atom. The summed E-state index contributed by atoms with van der Waals surface area (Å²) in [5.41, 5.74) is 5.18. The fraction of sp³-hybridized carbons (Fsp3) is 0.455. The lowest BCUT2D eigenvalue weighted by Crippen LogP contribution is -2.51. The Labute approximate surface area is 363 Å². The molecule has 6 aromatic rings. The molecular formula is C44H53BrN12O4. The van der Waals surface area contributed by atoms with E-state index in [-0.39, 0.29) is 17.9 Å². The van der Waals surface area contributed by atoms with Crippen LogP contribution in [0.5, 0.6) is 11.8 Å². The molecule has 61 heavy (non-hydrogen) atoms. The summed E-state index contributed by atoms with van der Waals surface area (Å²) >= 11 is 3.28. The number of hydrogen-bond donors (Lipinski definition) is 1. The number of anilines is 1. The molecule has 320 valence electrons. The highest BCUT2D eigenvalue weighted by molar-refractivity contribution is 9.10. The molecular weight excluding hydrogens is 840 g/mol. The molecule has 0 aliphatic carbocycles. The number of aromatic nitrogens is 8. The lowest BCUT2D eigenvalue weighted by Gasteiger charge is -2.38. The normalized spacial score (nSPS) is 20.8. The number of piperazine rings is 2. The van der Waals surface area contributed by atoms with Gasteiger partial charge in [0, 0.05) is 103 Å². The lowest BCUT2D eigenvalue weighted by atomic mass is 9.97. The summed E-state index contributed by atoms with van der Waals surface area (Å²) in [4.78, 5) is 48.4. The lowest BCUT2D eigenvalue weighted by molar-refractivity contribution is -0.133. The summed E-state index contributed by atoms with van der Waals surface area (Å²) in [6, 6.07) is 20.5. The zero-order valence-electron chi connectivity index (χ0n) is 34.7. The molecule has 4 aliphatic heterocycles. The number of methoxy groups -OCH3 is 2. The van der Waals surface area contributed by atoms with Gasteiger partial charge >= 0.3 is 0 Å². The largest absolute Gasteiger partial charge is 0.481 e. The first-order valence-electron chi connectivity index (χ1n) is 21.2. The maximum atomic E-state index is 12.9. The molecule has 6 aromatic heterocycles. The van der Waals surface area contributed by atoms with Crippen LogP contribution in [-0.4, -0.2) is 126 Å². The number of hydrogen-bond acceptors (Lipinski definition) is 12. The first kappa shape index (κ1) is 42.0. The number of nitrogens with zero attached hydrogens (tertiary/aromatic N) is 11. The van der Waals surface area contributed by atoms with E-state index in [1.54, 1.807) is 45.3 Å². The Kier molecular flexibility index (Phi) is 13.6. The second-order valence-electron chi connectivity index (χ2n) is 15.8. The number of rotatable bonds is 11. The maximum absolute atomic E-state index is 12.9. The van der Waals surface area contributed by atoms with E-state index in [9.17, 15) is 9.59 Å². The number of fused-ring (bicyclic) bond motifs is 4. The molecule has 4 saturated heterocycles. The van der Waals surface area contributed by atoms with Crippen LogP contribution in [0.1, 0.15) is 49.9 Å². The fourth-order valence-corrected chi connectivity index (χ4v) is 9.41. The van der Waals surface area contributed by atoms with Crippen LogP contribution >= 0.6 is 15.9 Å². The van der Waals surface area contributed by atoms with E-state index in [4.69, 9.17) is 9.47 Å². The topological polar surface area (TPSA) is 161 Å². The fourth-order valence-electron chi connectivity index (χ4n) is 9.10. The molecule has 0 spiro atoms. The number of halogens is 1. The predicted molar refractivity (Wildman–Crippen MR) is 233 cm³/mol. The van der Waals surface area contributed by atoms with Crippen molar-refractivity contribution >= 4 is 44.7 Å². The third kappa shape index (κ3) is 9.94. The van der Waals surface area contributed by atoms with Crippen molar-refractivity contribution in [1.82, 2.24) is 54.3 Å². The standard InChI is InChI=1S/C22H26N6O2.C16H21N5O.C6H6BrNO/c1-30-21-13-18(8-9-23-21)26-10-11-27-19(14-26)12-16(22(27)29)4-2-5-17-6-3-7-20-24-15-25-28(17)20;22-16-12(9-14-10-17-7-8-20(14)16)3-1-4-13-5-2-6-15-18-11-19-21(13)15;1-9-6-4-5(7)2-3-8-6/h3,6-9,13,15-16,19H,2,4-5,10-12,14H2,1H3;2,5-6,11-12,14,17H,1,3-4,7-10H2;2-4H,1H3/t16-,19-;12-,14-;/m00./s1. The summed E-state index contributed by atoms with van der Waals surface area (Å²) in [6.07, 6.45) is 14.3. The van der Waals surface area contributed by atoms with Crippen molar-refractivity contribution in [3.05, 3.63) is 102 Å². The van der Waals surface area contributed by atoms with E-state index in [0.717, 1.165) is 118 Å². The van der Waals surface area contributed by atoms with Gasteiger partial charge in [0.1, 0.15) is 12.7 Å². The number of pyridine rings is 4. The third-order valence-electron chi connectivity index (χ3n) is 12.1. The van der Waals surface area contributed by atoms with Crippen molar-refractivity contribution in [2.24, 2.45) is 11.8 Å². The molecule has 0 bridgehead atoms. The minimum Gasteiger partial charge on any atom is -0.481 e. The Bertz CT molecular complexity index is 2410. The zero-order valence-corrected chi connectivity index (χ0v) is 36.3. The van der Waals surface area contributed by atoms with Crippen LogP contribution in [0.4, 0.5) is 5.69 Å². The van der Waals surface area contributed by atoms with Crippen LogP contribution in [0.3, 0.4) is 0 Å². The Hall–Kier alpha value is -5.68. The molecule has 4 atom stereocenters. The monoisotopic (exact) mass is 892 g/mol. The van der Waals surface area contributed by atoms with Crippen molar-refractivity contribution in [1.29, 1.82) is 0 Å². The molecule has 0 saturated carbocycles. The summed E-state index contributed by atoms with van der Waals surface area (Å²) < 4.78 is 14.9. The van der Waals surface area contributed by atoms with E-state index in [1.165, 1.54) is 5.69 Å². The number of carbonyl (C=O) groups is 2. The average Bonchev–Trinajstić information content (AvgIpc) is 4.11. The summed E-state index contributed by atoms with van der Waals surface area (Å²) in [7, 11) is 3.22. The highest BCUT2D eigenvalue weighted by atomic mass is 79.9. The van der Waals surface area contributed by atoms with Gasteiger partial charge in [-0.2, -0.15) is 10.2 Å². The maximum Gasteiger partial charge on any atom is 0.226 e. The Morgan fingerprint density at radius 1 is 0.705 bits per heavy atom. The minimum absolute atomic E-state index is 0.122. The number of amides is 2. The smallest absolute Gasteiger partial charge is 0.226 e. The van der Waals surface area contributed by atoms with Gasteiger partial charge in [-0.1, -0.05) is 28.1 Å². The quantitative estimate of drug-likeness (QED) is 0.188. The van der Waals surface area contributed by atoms with E-state index in [2.05, 4.69) is 78.2 Å². The van der Waals surface area contributed by atoms with Crippen molar-refractivity contribution in [3.8, 4) is 11.8 Å². The first-order chi connectivity index (χ1) is 29.9. The Balaban J connectivity index is 0.000000144. The molecule has 0 unspecified atom stereocenters. The zero-order chi connectivity index (χ0) is 42.1. The average molecular weight is 894 g/mol. The molecule has 10 heterocycles. The summed E-state index contributed by atoms with van der Waals surface area (Å²) in [5.74, 6) is 2.27. The van der Waals surface area contributed by atoms with E-state index in [0.29, 0.717) is 29.6 Å². The molecule has 4 fully saturated rings. The van der Waals surface area contributed by atoms with Gasteiger partial charge in [-0.05, 0) is 87.8 Å². The predicted octanol–water partition coefficient (Wildman–Crippen LogP) is 4.92. The highest BCUT2D eigenvalue weighted by Crippen LogP contribution is 2.33. The first-order valence-corrected chi connectivity index (χ1v) is 21.9. The molecule has 2 amide bonds. The SMILES string of the molecule is COc1cc(Br)ccn1.COc1cc(N2CCN3C(=O)[C@@H](CCCc4cccc5ncnn45)C[C@H]3C2)ccn1.O=C1[C@@H](CCCc2cccc3ncnn23)C[C@H]2CNCCN12. The second kappa shape index (κ2) is 19.8. The van der Waals surface area contributed by atoms with Crippen LogP contribution in [0.15, 0.2) is 90.2 Å². The van der Waals surface area contributed by atoms with Crippen LogP contribution in [0.2, 0.25) is 0 Å². The number of carbonyl (C=O) groups excluding carboxylic acids is 2. The summed E-state index contributed by atoms with van der Waals surface area (Å²) in [5, 5.41) is 12.0. The third-order valence-corrected chi connectivity index (χ3v) is 12.6.